The molecule has 0 saturated carbocycles. The molecular formula is C20H22O6. The van der Waals surface area contributed by atoms with Crippen LogP contribution in [0.4, 0.5) is 0 Å². The van der Waals surface area contributed by atoms with Crippen LogP contribution in [0.25, 0.3) is 0 Å². The molecule has 0 radical (unpaired) electrons. The second-order valence-corrected chi connectivity index (χ2v) is 7.10. The first-order valence-corrected chi connectivity index (χ1v) is 8.54. The summed E-state index contributed by atoms with van der Waals surface area (Å²) < 4.78 is 17.0. The molecule has 3 aliphatic heterocycles. The van der Waals surface area contributed by atoms with Gasteiger partial charge in [0, 0.05) is 23.6 Å². The molecule has 3 rings (SSSR count). The fourth-order valence-corrected chi connectivity index (χ4v) is 3.41. The van der Waals surface area contributed by atoms with E-state index in [1.807, 2.05) is 0 Å². The molecule has 3 heterocycles. The molecule has 0 spiro atoms. The van der Waals surface area contributed by atoms with E-state index in [1.54, 1.807) is 39.8 Å². The number of carbonyl (C=O) groups excluding carboxylic acids is 3. The lowest BCUT2D eigenvalue weighted by Gasteiger charge is -2.31. The van der Waals surface area contributed by atoms with Crippen molar-refractivity contribution >= 4 is 17.7 Å². The van der Waals surface area contributed by atoms with Gasteiger partial charge in [0.25, 0.3) is 0 Å². The summed E-state index contributed by atoms with van der Waals surface area (Å²) in [4.78, 5) is 36.9. The number of ketones is 1. The summed E-state index contributed by atoms with van der Waals surface area (Å²) in [5.74, 6) is -1.35. The largest absolute Gasteiger partial charge is 0.479 e. The van der Waals surface area contributed by atoms with Gasteiger partial charge in [-0.05, 0) is 39.3 Å². The van der Waals surface area contributed by atoms with E-state index in [0.29, 0.717) is 16.9 Å². The third kappa shape index (κ3) is 2.89. The number of allylic oxidation sites excluding steroid dienone is 2. The van der Waals surface area contributed by atoms with E-state index in [4.69, 9.17) is 14.2 Å². The summed E-state index contributed by atoms with van der Waals surface area (Å²) in [5, 5.41) is 0. The molecule has 1 saturated heterocycles. The van der Waals surface area contributed by atoms with Crippen molar-refractivity contribution in [1.29, 1.82) is 0 Å². The van der Waals surface area contributed by atoms with Gasteiger partial charge in [-0.15, -0.1) is 0 Å². The Bertz CT molecular complexity index is 799. The van der Waals surface area contributed by atoms with E-state index in [2.05, 4.69) is 6.58 Å². The summed E-state index contributed by atoms with van der Waals surface area (Å²) in [5.41, 5.74) is 0.195. The Morgan fingerprint density at radius 3 is 2.77 bits per heavy atom. The fraction of sp³-hybridized carbons (Fsp3) is 0.450. The highest BCUT2D eigenvalue weighted by Gasteiger charge is 2.51. The van der Waals surface area contributed by atoms with Gasteiger partial charge in [-0.25, -0.2) is 9.59 Å². The minimum Gasteiger partial charge on any atom is -0.479 e. The zero-order valence-corrected chi connectivity index (χ0v) is 15.3. The molecule has 26 heavy (non-hydrogen) atoms. The summed E-state index contributed by atoms with van der Waals surface area (Å²) in [6.07, 6.45) is 3.50. The second-order valence-electron chi connectivity index (χ2n) is 7.10. The van der Waals surface area contributed by atoms with Crippen LogP contribution >= 0.6 is 0 Å². The van der Waals surface area contributed by atoms with E-state index in [1.165, 1.54) is 6.08 Å². The molecule has 0 unspecified atom stereocenters. The van der Waals surface area contributed by atoms with Crippen molar-refractivity contribution < 1.29 is 28.6 Å². The van der Waals surface area contributed by atoms with Crippen LogP contribution in [0.5, 0.6) is 0 Å². The number of ether oxygens (including phenoxy) is 3. The third-order valence-corrected chi connectivity index (χ3v) is 5.19. The predicted molar refractivity (Wildman–Crippen MR) is 92.8 cm³/mol. The van der Waals surface area contributed by atoms with Crippen molar-refractivity contribution in [2.75, 3.05) is 0 Å². The highest BCUT2D eigenvalue weighted by atomic mass is 16.6. The lowest BCUT2D eigenvalue weighted by Crippen LogP contribution is -2.42. The smallest absolute Gasteiger partial charge is 0.334 e. The van der Waals surface area contributed by atoms with Gasteiger partial charge in [0.15, 0.2) is 5.60 Å². The number of hydrogen-bond donors (Lipinski definition) is 0. The molecular weight excluding hydrogens is 336 g/mol. The van der Waals surface area contributed by atoms with Crippen molar-refractivity contribution in [3.8, 4) is 0 Å². The van der Waals surface area contributed by atoms with Gasteiger partial charge < -0.3 is 14.2 Å². The number of carbonyl (C=O) groups is 3. The van der Waals surface area contributed by atoms with Crippen LogP contribution in [-0.4, -0.2) is 35.5 Å². The maximum absolute atomic E-state index is 12.5. The quantitative estimate of drug-likeness (QED) is 0.558. The van der Waals surface area contributed by atoms with E-state index in [0.717, 1.165) is 0 Å². The number of hydrogen-bond acceptors (Lipinski definition) is 6. The Hall–Kier alpha value is -2.63. The lowest BCUT2D eigenvalue weighted by atomic mass is 9.82. The maximum Gasteiger partial charge on any atom is 0.334 e. The van der Waals surface area contributed by atoms with Crippen LogP contribution in [0, 0.1) is 5.92 Å². The van der Waals surface area contributed by atoms with Crippen LogP contribution in [0.1, 0.15) is 34.1 Å². The van der Waals surface area contributed by atoms with E-state index >= 15 is 0 Å². The highest BCUT2D eigenvalue weighted by Crippen LogP contribution is 2.42. The van der Waals surface area contributed by atoms with Gasteiger partial charge in [-0.3, -0.25) is 4.79 Å². The van der Waals surface area contributed by atoms with Crippen LogP contribution in [0.2, 0.25) is 0 Å². The lowest BCUT2D eigenvalue weighted by molar-refractivity contribution is -0.153. The summed E-state index contributed by atoms with van der Waals surface area (Å²) in [7, 11) is 0. The van der Waals surface area contributed by atoms with Crippen LogP contribution in [0.3, 0.4) is 0 Å². The van der Waals surface area contributed by atoms with Crippen molar-refractivity contribution in [3.63, 3.8) is 0 Å². The average Bonchev–Trinajstić information content (AvgIpc) is 3.03. The van der Waals surface area contributed by atoms with Crippen molar-refractivity contribution in [3.05, 3.63) is 47.3 Å². The molecule has 0 aliphatic carbocycles. The molecule has 6 nitrogen and oxygen atoms in total. The SMILES string of the molecule is C=C1C(=O)O[C@@H]2C=C(C)C3=CC(=O)[C@@](C)(C[C@H](OC(=O)/C(C)=C\C)[C@@H]12)O3. The molecule has 4 atom stereocenters. The zero-order valence-electron chi connectivity index (χ0n) is 15.3. The molecule has 0 aromatic rings. The predicted octanol–water partition coefficient (Wildman–Crippen LogP) is 2.55. The molecule has 138 valence electrons. The number of esters is 2. The Morgan fingerprint density at radius 2 is 2.12 bits per heavy atom. The normalized spacial score (nSPS) is 33.9. The first-order chi connectivity index (χ1) is 12.2. The Morgan fingerprint density at radius 1 is 1.42 bits per heavy atom. The number of fused-ring (bicyclic) bond motifs is 3. The van der Waals surface area contributed by atoms with Crippen molar-refractivity contribution in [2.24, 2.45) is 5.92 Å². The Kier molecular flexibility index (Phi) is 4.38. The standard InChI is InChI=1S/C20H22O6/c1-6-10(2)18(22)25-15-9-20(5)16(21)8-13(26-20)11(3)7-14-17(15)12(4)19(23)24-14/h6-8,14-15,17H,4,9H2,1-3,5H3/b10-6-,11-7?/t14-,15+,17+,20-/m1/s1. The Labute approximate surface area is 152 Å². The molecule has 3 aliphatic rings. The van der Waals surface area contributed by atoms with Gasteiger partial charge in [0.05, 0.1) is 5.92 Å². The van der Waals surface area contributed by atoms with Crippen molar-refractivity contribution in [1.82, 2.24) is 0 Å². The van der Waals surface area contributed by atoms with E-state index in [9.17, 15) is 14.4 Å². The minimum absolute atomic E-state index is 0.104. The van der Waals surface area contributed by atoms with E-state index in [-0.39, 0.29) is 17.8 Å². The number of rotatable bonds is 2. The summed E-state index contributed by atoms with van der Waals surface area (Å²) in [6, 6.07) is 0. The highest BCUT2D eigenvalue weighted by molar-refractivity contribution is 6.00. The van der Waals surface area contributed by atoms with Gasteiger partial charge in [-0.2, -0.15) is 0 Å². The second kappa shape index (κ2) is 6.27. The molecule has 2 bridgehead atoms. The van der Waals surface area contributed by atoms with Crippen molar-refractivity contribution in [2.45, 2.75) is 51.9 Å². The van der Waals surface area contributed by atoms with Gasteiger partial charge in [0.1, 0.15) is 18.0 Å². The molecule has 1 fully saturated rings. The summed E-state index contributed by atoms with van der Waals surface area (Å²) in [6.45, 7) is 10.6. The fourth-order valence-electron chi connectivity index (χ4n) is 3.41. The first kappa shape index (κ1) is 18.2. The average molecular weight is 358 g/mol. The van der Waals surface area contributed by atoms with Crippen LogP contribution in [0.15, 0.2) is 47.3 Å². The molecule has 0 aromatic heterocycles. The molecule has 6 heteroatoms. The molecule has 0 amide bonds. The van der Waals surface area contributed by atoms with E-state index < -0.39 is 35.7 Å². The first-order valence-electron chi connectivity index (χ1n) is 8.54. The summed E-state index contributed by atoms with van der Waals surface area (Å²) >= 11 is 0. The van der Waals surface area contributed by atoms with Gasteiger partial charge >= 0.3 is 11.9 Å². The van der Waals surface area contributed by atoms with Crippen LogP contribution < -0.4 is 0 Å². The molecule has 0 aromatic carbocycles. The zero-order chi connectivity index (χ0) is 19.2. The topological polar surface area (TPSA) is 78.9 Å². The Balaban J connectivity index is 2.05. The maximum atomic E-state index is 12.5. The van der Waals surface area contributed by atoms with Crippen LogP contribution in [-0.2, 0) is 28.6 Å². The molecule has 0 N–H and O–H groups in total. The monoisotopic (exact) mass is 358 g/mol. The third-order valence-electron chi connectivity index (χ3n) is 5.19. The van der Waals surface area contributed by atoms with Gasteiger partial charge in [0.2, 0.25) is 5.78 Å². The van der Waals surface area contributed by atoms with Gasteiger partial charge in [-0.1, -0.05) is 12.7 Å². The minimum atomic E-state index is -1.17.